The van der Waals surface area contributed by atoms with Gasteiger partial charge in [-0.05, 0) is 99.5 Å². The van der Waals surface area contributed by atoms with E-state index in [9.17, 15) is 19.2 Å². The minimum Gasteiger partial charge on any atom is -0.494 e. The number of piperidine rings is 2. The maximum Gasteiger partial charge on any atom is 0.244 e. The van der Waals surface area contributed by atoms with Crippen molar-refractivity contribution in [1.82, 2.24) is 26.2 Å². The van der Waals surface area contributed by atoms with E-state index in [2.05, 4.69) is 21.3 Å². The lowest BCUT2D eigenvalue weighted by Gasteiger charge is -2.36. The Bertz CT molecular complexity index is 1510. The highest BCUT2D eigenvalue weighted by Crippen LogP contribution is 2.31. The Kier molecular flexibility index (Phi) is 12.1. The van der Waals surface area contributed by atoms with Gasteiger partial charge in [0.15, 0.2) is 0 Å². The van der Waals surface area contributed by atoms with E-state index in [1.54, 1.807) is 4.90 Å². The molecule has 7 atom stereocenters. The zero-order chi connectivity index (χ0) is 35.2. The molecule has 6 bridgehead atoms. The first-order valence-electron chi connectivity index (χ1n) is 18.5. The summed E-state index contributed by atoms with van der Waals surface area (Å²) in [6.07, 6.45) is 7.23. The first-order valence-corrected chi connectivity index (χ1v) is 19.0. The van der Waals surface area contributed by atoms with Crippen LogP contribution in [-0.2, 0) is 32.1 Å². The third kappa shape index (κ3) is 9.01. The van der Waals surface area contributed by atoms with Gasteiger partial charge in [-0.1, -0.05) is 43.3 Å². The summed E-state index contributed by atoms with van der Waals surface area (Å²) in [5.41, 5.74) is 3.10. The van der Waals surface area contributed by atoms with Crippen LogP contribution < -0.4 is 26.0 Å². The molecule has 0 radical (unpaired) electrons. The van der Waals surface area contributed by atoms with Gasteiger partial charge in [0.2, 0.25) is 23.6 Å². The number of hydrogen-bond donors (Lipinski definition) is 5. The fraction of sp³-hybridized carbons (Fsp3) is 0.590. The number of benzene rings is 2. The molecule has 4 amide bonds. The number of fused-ring (bicyclic) bond motifs is 6. The smallest absolute Gasteiger partial charge is 0.244 e. The lowest BCUT2D eigenvalue weighted by atomic mass is 9.91. The van der Waals surface area contributed by atoms with E-state index >= 15 is 0 Å². The quantitative estimate of drug-likeness (QED) is 0.303. The number of thiol groups is 1. The Labute approximate surface area is 301 Å². The molecule has 4 aliphatic rings. The van der Waals surface area contributed by atoms with Gasteiger partial charge in [-0.15, -0.1) is 0 Å². The molecule has 4 heterocycles. The fourth-order valence-corrected chi connectivity index (χ4v) is 8.52. The zero-order valence-corrected chi connectivity index (χ0v) is 30.3. The molecule has 50 heavy (non-hydrogen) atoms. The molecule has 0 saturated carbocycles. The molecule has 3 saturated heterocycles. The highest BCUT2D eigenvalue weighted by atomic mass is 32.1. The van der Waals surface area contributed by atoms with Gasteiger partial charge < -0.3 is 30.9 Å². The number of nitrogens with one attached hydrogen (secondary N) is 4. The predicted octanol–water partition coefficient (Wildman–Crippen LogP) is 3.70. The molecule has 10 nitrogen and oxygen atoms in total. The van der Waals surface area contributed by atoms with Crippen molar-refractivity contribution < 1.29 is 23.9 Å². The molecule has 0 spiro atoms. The topological polar surface area (TPSA) is 129 Å². The van der Waals surface area contributed by atoms with Gasteiger partial charge >= 0.3 is 0 Å². The van der Waals surface area contributed by atoms with Crippen LogP contribution in [0.5, 0.6) is 5.75 Å². The normalized spacial score (nSPS) is 30.9. The largest absolute Gasteiger partial charge is 0.494 e. The first-order chi connectivity index (χ1) is 24.1. The number of carbonyl (C=O) groups is 4. The molecule has 4 N–H and O–H groups in total. The van der Waals surface area contributed by atoms with Crippen molar-refractivity contribution in [1.29, 1.82) is 0 Å². The van der Waals surface area contributed by atoms with Gasteiger partial charge in [0.1, 0.15) is 17.0 Å². The van der Waals surface area contributed by atoms with Crippen LogP contribution in [0, 0.1) is 24.7 Å². The van der Waals surface area contributed by atoms with E-state index in [1.807, 2.05) is 62.4 Å². The highest BCUT2D eigenvalue weighted by Gasteiger charge is 2.42. The molecule has 3 fully saturated rings. The maximum atomic E-state index is 14.4. The van der Waals surface area contributed by atoms with E-state index in [-0.39, 0.29) is 29.6 Å². The van der Waals surface area contributed by atoms with Gasteiger partial charge in [0.25, 0.3) is 0 Å². The van der Waals surface area contributed by atoms with Crippen LogP contribution in [-0.4, -0.2) is 77.6 Å². The van der Waals surface area contributed by atoms with Gasteiger partial charge in [0.05, 0.1) is 12.5 Å². The second kappa shape index (κ2) is 16.6. The standard InChI is InChI=1S/C39H53N5O5S/c1-24-10-14-32-21-29(24)22-40-36(45)25(2)33(15-11-26-7-4-3-5-8-26)42-38(47)34(43-37(46)28-19-30-12-13-31(20-28)41-30)35(50)39(48)44-17-6-9-27(23-44)16-18-49-32/h3-5,7-8,10,14,21,25,27-28,30-31,33-35,41,50H,6,9,11-13,15-20,22-23H2,1-2H3,(H,40,45)(H,42,47)(H,43,46)/t25?,27?,28?,30?,31?,33-,34-,35?/m0/s1. The molecule has 2 aromatic rings. The number of rotatable bonds is 5. The Morgan fingerprint density at radius 1 is 1.00 bits per heavy atom. The van der Waals surface area contributed by atoms with Crippen molar-refractivity contribution in [2.24, 2.45) is 17.8 Å². The Balaban J connectivity index is 1.28. The number of carbonyl (C=O) groups excluding carboxylic acids is 4. The molecule has 11 heteroatoms. The van der Waals surface area contributed by atoms with E-state index in [0.717, 1.165) is 54.5 Å². The summed E-state index contributed by atoms with van der Waals surface area (Å²) in [6.45, 7) is 5.78. The van der Waals surface area contributed by atoms with Gasteiger partial charge in [-0.3, -0.25) is 19.2 Å². The van der Waals surface area contributed by atoms with Crippen molar-refractivity contribution in [2.45, 2.75) is 108 Å². The summed E-state index contributed by atoms with van der Waals surface area (Å²) >= 11 is 4.78. The van der Waals surface area contributed by atoms with Crippen LogP contribution in [0.3, 0.4) is 0 Å². The third-order valence-electron chi connectivity index (χ3n) is 11.3. The zero-order valence-electron chi connectivity index (χ0n) is 29.4. The number of amides is 4. The van der Waals surface area contributed by atoms with E-state index in [4.69, 9.17) is 17.4 Å². The Morgan fingerprint density at radius 3 is 2.52 bits per heavy atom. The Hall–Kier alpha value is -3.57. The molecular formula is C39H53N5O5S. The minimum absolute atomic E-state index is 0.198. The van der Waals surface area contributed by atoms with E-state index in [1.165, 1.54) is 0 Å². The van der Waals surface area contributed by atoms with Crippen molar-refractivity contribution >= 4 is 36.3 Å². The van der Waals surface area contributed by atoms with Gasteiger partial charge in [-0.2, -0.15) is 12.6 Å². The lowest BCUT2D eigenvalue weighted by Crippen LogP contribution is -2.60. The molecule has 5 unspecified atom stereocenters. The van der Waals surface area contributed by atoms with E-state index < -0.39 is 29.2 Å². The van der Waals surface area contributed by atoms with Crippen LogP contribution in [0.2, 0.25) is 0 Å². The summed E-state index contributed by atoms with van der Waals surface area (Å²) in [5, 5.41) is 11.7. The summed E-state index contributed by atoms with van der Waals surface area (Å²) in [7, 11) is 0. The van der Waals surface area contributed by atoms with E-state index in [0.29, 0.717) is 64.0 Å². The number of ether oxygens (including phenoxy) is 1. The minimum atomic E-state index is -1.20. The summed E-state index contributed by atoms with van der Waals surface area (Å²) in [5.74, 6) is -1.02. The van der Waals surface area contributed by atoms with Crippen LogP contribution in [0.25, 0.3) is 0 Å². The molecule has 0 aliphatic carbocycles. The maximum absolute atomic E-state index is 14.4. The van der Waals surface area contributed by atoms with Crippen LogP contribution in [0.1, 0.15) is 75.0 Å². The number of hydrogen-bond acceptors (Lipinski definition) is 7. The molecule has 6 rings (SSSR count). The molecule has 0 aromatic heterocycles. The SMILES string of the molecule is Cc1ccc2cc1CNC(=O)C(C)[C@H](CCc1ccccc1)NC(=O)[C@@H](NC(=O)C1CC3CCC(C1)N3)C(S)C(=O)N1CCCC(CCO2)C1. The second-order valence-electron chi connectivity index (χ2n) is 14.9. The summed E-state index contributed by atoms with van der Waals surface area (Å²) < 4.78 is 6.16. The molecule has 4 aliphatic heterocycles. The average Bonchev–Trinajstić information content (AvgIpc) is 3.47. The van der Waals surface area contributed by atoms with Crippen molar-refractivity contribution in [3.63, 3.8) is 0 Å². The molecular weight excluding hydrogens is 651 g/mol. The second-order valence-corrected chi connectivity index (χ2v) is 15.5. The van der Waals surface area contributed by atoms with Gasteiger partial charge in [-0.25, -0.2) is 0 Å². The molecule has 2 aromatic carbocycles. The fourth-order valence-electron chi connectivity index (χ4n) is 8.14. The monoisotopic (exact) mass is 703 g/mol. The molecule has 270 valence electrons. The van der Waals surface area contributed by atoms with Crippen molar-refractivity contribution in [2.75, 3.05) is 19.7 Å². The lowest BCUT2D eigenvalue weighted by molar-refractivity contribution is -0.138. The first kappa shape index (κ1) is 36.2. The van der Waals surface area contributed by atoms with Crippen molar-refractivity contribution in [3.05, 3.63) is 65.2 Å². The van der Waals surface area contributed by atoms with Crippen LogP contribution in [0.15, 0.2) is 48.5 Å². The predicted molar refractivity (Wildman–Crippen MR) is 196 cm³/mol. The summed E-state index contributed by atoms with van der Waals surface area (Å²) in [4.78, 5) is 57.8. The highest BCUT2D eigenvalue weighted by molar-refractivity contribution is 7.82. The van der Waals surface area contributed by atoms with Crippen molar-refractivity contribution in [3.8, 4) is 5.75 Å². The van der Waals surface area contributed by atoms with Crippen LogP contribution in [0.4, 0.5) is 0 Å². The van der Waals surface area contributed by atoms with Gasteiger partial charge in [0, 0.05) is 43.7 Å². The summed E-state index contributed by atoms with van der Waals surface area (Å²) in [6, 6.07) is 14.7. The Morgan fingerprint density at radius 2 is 1.76 bits per heavy atom. The average molecular weight is 704 g/mol. The number of aryl methyl sites for hydroxylation is 2. The number of nitrogens with zero attached hydrogens (tertiary/aromatic N) is 1. The van der Waals surface area contributed by atoms with Crippen LogP contribution >= 0.6 is 12.6 Å². The third-order valence-corrected chi connectivity index (χ3v) is 11.8.